The molecule has 0 spiro atoms. The molecule has 12 heteroatoms. The van der Waals surface area contributed by atoms with Crippen LogP contribution in [0.1, 0.15) is 39.5 Å². The number of thioether (sulfide) groups is 1. The SMILES string of the molecule is CSCCC(NC(=O)C(NC(=O)C1CCCN1)C(C)C)C(=O)NC(CC(N)=O)C(=O)O. The number of hydrogen-bond donors (Lipinski definition) is 6. The van der Waals surface area contributed by atoms with Crippen LogP contribution >= 0.6 is 11.8 Å². The average Bonchev–Trinajstić information content (AvgIpc) is 3.22. The lowest BCUT2D eigenvalue weighted by Gasteiger charge is -2.27. The lowest BCUT2D eigenvalue weighted by atomic mass is 10.0. The summed E-state index contributed by atoms with van der Waals surface area (Å²) in [4.78, 5) is 60.4. The van der Waals surface area contributed by atoms with Crippen LogP contribution in [0.3, 0.4) is 0 Å². The molecule has 31 heavy (non-hydrogen) atoms. The number of aliphatic carboxylic acids is 1. The van der Waals surface area contributed by atoms with E-state index in [1.165, 1.54) is 11.8 Å². The van der Waals surface area contributed by atoms with Crippen LogP contribution in [0.4, 0.5) is 0 Å². The fourth-order valence-corrected chi connectivity index (χ4v) is 3.61. The number of carbonyl (C=O) groups excluding carboxylic acids is 4. The zero-order valence-corrected chi connectivity index (χ0v) is 18.9. The van der Waals surface area contributed by atoms with E-state index < -0.39 is 48.2 Å². The largest absolute Gasteiger partial charge is 0.480 e. The maximum atomic E-state index is 12.9. The Balaban J connectivity index is 2.86. The molecule has 1 aliphatic rings. The van der Waals surface area contributed by atoms with Gasteiger partial charge < -0.3 is 32.1 Å². The van der Waals surface area contributed by atoms with Gasteiger partial charge in [0.15, 0.2) is 0 Å². The van der Waals surface area contributed by atoms with Crippen molar-refractivity contribution in [2.45, 2.75) is 63.7 Å². The summed E-state index contributed by atoms with van der Waals surface area (Å²) in [6.07, 6.45) is 3.07. The first-order valence-electron chi connectivity index (χ1n) is 10.2. The molecule has 0 bridgehead atoms. The topological polar surface area (TPSA) is 180 Å². The summed E-state index contributed by atoms with van der Waals surface area (Å²) in [5, 5.41) is 19.9. The molecule has 7 N–H and O–H groups in total. The lowest BCUT2D eigenvalue weighted by Crippen LogP contribution is -2.58. The Morgan fingerprint density at radius 2 is 1.74 bits per heavy atom. The van der Waals surface area contributed by atoms with Crippen molar-refractivity contribution >= 4 is 41.4 Å². The van der Waals surface area contributed by atoms with Crippen molar-refractivity contribution in [3.63, 3.8) is 0 Å². The quantitative estimate of drug-likeness (QED) is 0.194. The molecular formula is C19H33N5O6S. The third-order valence-corrected chi connectivity index (χ3v) is 5.53. The monoisotopic (exact) mass is 459 g/mol. The summed E-state index contributed by atoms with van der Waals surface area (Å²) >= 11 is 1.45. The Morgan fingerprint density at radius 3 is 2.23 bits per heavy atom. The number of amides is 4. The Bertz CT molecular complexity index is 668. The number of rotatable bonds is 13. The highest BCUT2D eigenvalue weighted by molar-refractivity contribution is 7.98. The van der Waals surface area contributed by atoms with Gasteiger partial charge in [0.2, 0.25) is 23.6 Å². The van der Waals surface area contributed by atoms with E-state index in [4.69, 9.17) is 5.73 Å². The van der Waals surface area contributed by atoms with Gasteiger partial charge in [-0.05, 0) is 43.7 Å². The highest BCUT2D eigenvalue weighted by atomic mass is 32.2. The molecule has 0 radical (unpaired) electrons. The van der Waals surface area contributed by atoms with Crippen LogP contribution in [0.25, 0.3) is 0 Å². The van der Waals surface area contributed by atoms with Crippen molar-refractivity contribution in [3.8, 4) is 0 Å². The molecule has 0 aliphatic carbocycles. The maximum Gasteiger partial charge on any atom is 0.326 e. The molecule has 1 rings (SSSR count). The van der Waals surface area contributed by atoms with E-state index in [9.17, 15) is 29.1 Å². The smallest absolute Gasteiger partial charge is 0.326 e. The van der Waals surface area contributed by atoms with E-state index in [-0.39, 0.29) is 24.3 Å². The number of carboxylic acid groups (broad SMARTS) is 1. The van der Waals surface area contributed by atoms with Crippen LogP contribution in [-0.4, -0.2) is 77.4 Å². The molecule has 1 aliphatic heterocycles. The molecule has 0 aromatic rings. The molecule has 0 aromatic carbocycles. The number of nitrogens with one attached hydrogen (secondary N) is 4. The lowest BCUT2D eigenvalue weighted by molar-refractivity contribution is -0.143. The summed E-state index contributed by atoms with van der Waals surface area (Å²) in [6, 6.07) is -3.74. The molecule has 176 valence electrons. The second kappa shape index (κ2) is 13.2. The van der Waals surface area contributed by atoms with Gasteiger partial charge in [-0.25, -0.2) is 4.79 Å². The van der Waals surface area contributed by atoms with Gasteiger partial charge in [0.1, 0.15) is 18.1 Å². The summed E-state index contributed by atoms with van der Waals surface area (Å²) < 4.78 is 0. The van der Waals surface area contributed by atoms with E-state index in [0.717, 1.165) is 13.0 Å². The number of hydrogen-bond acceptors (Lipinski definition) is 7. The first-order valence-corrected chi connectivity index (χ1v) is 11.6. The molecule has 4 atom stereocenters. The second-order valence-corrected chi connectivity index (χ2v) is 8.78. The molecule has 4 unspecified atom stereocenters. The molecular weight excluding hydrogens is 426 g/mol. The standard InChI is InChI=1S/C19H33N5O6S/c1-10(2)15(24-16(26)11-5-4-7-21-11)18(28)22-12(6-8-31-3)17(27)23-13(19(29)30)9-14(20)25/h10-13,15,21H,4-9H2,1-3H3,(H2,20,25)(H,22,28)(H,23,27)(H,24,26)(H,29,30). The normalized spacial score (nSPS) is 18.6. The molecule has 0 saturated carbocycles. The third kappa shape index (κ3) is 9.13. The minimum atomic E-state index is -1.49. The molecule has 11 nitrogen and oxygen atoms in total. The summed E-state index contributed by atoms with van der Waals surface area (Å²) in [6.45, 7) is 4.29. The van der Waals surface area contributed by atoms with Crippen LogP contribution in [-0.2, 0) is 24.0 Å². The van der Waals surface area contributed by atoms with E-state index in [2.05, 4.69) is 21.3 Å². The van der Waals surface area contributed by atoms with Crippen LogP contribution in [0.15, 0.2) is 0 Å². The van der Waals surface area contributed by atoms with E-state index in [0.29, 0.717) is 12.2 Å². The molecule has 1 heterocycles. The van der Waals surface area contributed by atoms with Crippen molar-refractivity contribution in [1.29, 1.82) is 0 Å². The van der Waals surface area contributed by atoms with Gasteiger partial charge >= 0.3 is 5.97 Å². The first-order chi connectivity index (χ1) is 14.6. The van der Waals surface area contributed by atoms with Crippen molar-refractivity contribution < 1.29 is 29.1 Å². The van der Waals surface area contributed by atoms with Gasteiger partial charge in [0.05, 0.1) is 12.5 Å². The van der Waals surface area contributed by atoms with Crippen LogP contribution in [0.5, 0.6) is 0 Å². The average molecular weight is 460 g/mol. The Labute approximate surface area is 186 Å². The molecule has 1 saturated heterocycles. The number of carbonyl (C=O) groups is 5. The fraction of sp³-hybridized carbons (Fsp3) is 0.737. The van der Waals surface area contributed by atoms with Crippen molar-refractivity contribution in [2.24, 2.45) is 11.7 Å². The van der Waals surface area contributed by atoms with E-state index in [1.807, 2.05) is 6.26 Å². The van der Waals surface area contributed by atoms with Crippen molar-refractivity contribution in [1.82, 2.24) is 21.3 Å². The van der Waals surface area contributed by atoms with Gasteiger partial charge in [0.25, 0.3) is 0 Å². The highest BCUT2D eigenvalue weighted by Crippen LogP contribution is 2.09. The minimum absolute atomic E-state index is 0.240. The molecule has 4 amide bonds. The third-order valence-electron chi connectivity index (χ3n) is 4.89. The van der Waals surface area contributed by atoms with E-state index in [1.54, 1.807) is 13.8 Å². The van der Waals surface area contributed by atoms with Gasteiger partial charge in [-0.15, -0.1) is 0 Å². The Hall–Kier alpha value is -2.34. The predicted molar refractivity (Wildman–Crippen MR) is 116 cm³/mol. The maximum absolute atomic E-state index is 12.9. The van der Waals surface area contributed by atoms with Crippen LogP contribution in [0, 0.1) is 5.92 Å². The van der Waals surface area contributed by atoms with Crippen LogP contribution < -0.4 is 27.0 Å². The van der Waals surface area contributed by atoms with Gasteiger partial charge in [-0.1, -0.05) is 13.8 Å². The van der Waals surface area contributed by atoms with Crippen LogP contribution in [0.2, 0.25) is 0 Å². The first kappa shape index (κ1) is 26.7. The highest BCUT2D eigenvalue weighted by Gasteiger charge is 2.32. The Kier molecular flexibility index (Phi) is 11.3. The summed E-state index contributed by atoms with van der Waals surface area (Å²) in [5.41, 5.74) is 5.04. The molecule has 1 fully saturated rings. The predicted octanol–water partition coefficient (Wildman–Crippen LogP) is -1.44. The number of primary amides is 1. The van der Waals surface area contributed by atoms with Gasteiger partial charge in [-0.2, -0.15) is 11.8 Å². The zero-order valence-electron chi connectivity index (χ0n) is 18.1. The van der Waals surface area contributed by atoms with Crippen molar-refractivity contribution in [2.75, 3.05) is 18.6 Å². The van der Waals surface area contributed by atoms with E-state index >= 15 is 0 Å². The molecule has 0 aromatic heterocycles. The van der Waals surface area contributed by atoms with Crippen molar-refractivity contribution in [3.05, 3.63) is 0 Å². The number of nitrogens with two attached hydrogens (primary N) is 1. The summed E-state index contributed by atoms with van der Waals surface area (Å²) in [5.74, 6) is -3.54. The number of carboxylic acids is 1. The Morgan fingerprint density at radius 1 is 1.10 bits per heavy atom. The second-order valence-electron chi connectivity index (χ2n) is 7.79. The van der Waals surface area contributed by atoms with Gasteiger partial charge in [-0.3, -0.25) is 19.2 Å². The van der Waals surface area contributed by atoms with Gasteiger partial charge in [0, 0.05) is 0 Å². The minimum Gasteiger partial charge on any atom is -0.480 e. The zero-order chi connectivity index (χ0) is 23.6. The fourth-order valence-electron chi connectivity index (χ4n) is 3.14. The summed E-state index contributed by atoms with van der Waals surface area (Å²) in [7, 11) is 0.